The zero-order chi connectivity index (χ0) is 17.7. The van der Waals surface area contributed by atoms with E-state index < -0.39 is 0 Å². The first-order chi connectivity index (χ1) is 12.7. The summed E-state index contributed by atoms with van der Waals surface area (Å²) >= 11 is 5.17. The topological polar surface area (TPSA) is 59.8 Å². The first kappa shape index (κ1) is 15.7. The van der Waals surface area contributed by atoms with Crippen LogP contribution in [-0.4, -0.2) is 20.7 Å². The van der Waals surface area contributed by atoms with Gasteiger partial charge in [0.05, 0.1) is 16.4 Å². The highest BCUT2D eigenvalue weighted by Crippen LogP contribution is 2.41. The molecule has 0 fully saturated rings. The number of hydrogen-bond donors (Lipinski definition) is 1. The molecule has 2 aromatic carbocycles. The largest absolute Gasteiger partial charge is 0.310 e. The van der Waals surface area contributed by atoms with Gasteiger partial charge in [-0.15, -0.1) is 0 Å². The minimum Gasteiger partial charge on any atom is -0.310 e. The molecule has 0 saturated heterocycles. The first-order valence-corrected chi connectivity index (χ1v) is 9.80. The van der Waals surface area contributed by atoms with Crippen molar-refractivity contribution in [1.82, 2.24) is 14.8 Å². The summed E-state index contributed by atoms with van der Waals surface area (Å²) in [6.07, 6.45) is 2.24. The van der Waals surface area contributed by atoms with Gasteiger partial charge in [0.1, 0.15) is 5.82 Å². The molecule has 5 nitrogen and oxygen atoms in total. The van der Waals surface area contributed by atoms with E-state index in [1.165, 1.54) is 0 Å². The van der Waals surface area contributed by atoms with Crippen LogP contribution in [0.15, 0.2) is 59.2 Å². The van der Waals surface area contributed by atoms with Gasteiger partial charge in [-0.1, -0.05) is 57.6 Å². The molecule has 0 saturated carbocycles. The smallest absolute Gasteiger partial charge is 0.226 e. The zero-order valence-corrected chi connectivity index (χ0v) is 15.9. The number of halogens is 1. The molecule has 0 bridgehead atoms. The van der Waals surface area contributed by atoms with Crippen molar-refractivity contribution in [2.75, 3.05) is 5.32 Å². The fourth-order valence-corrected chi connectivity index (χ4v) is 4.84. The standard InChI is InChI=1S/C19H13BrN4OS/c20-14-6-2-1-5-11(14)12-9-17(25)23-18-13(12)10-21-24(18)19-22-15-7-3-4-8-16(15)26-19/h1-8,10,12H,9H2,(H,23,25)/t12-/m0/s1. The Morgan fingerprint density at radius 3 is 2.77 bits per heavy atom. The van der Waals surface area contributed by atoms with Crippen LogP contribution in [-0.2, 0) is 4.79 Å². The van der Waals surface area contributed by atoms with Gasteiger partial charge in [-0.3, -0.25) is 4.79 Å². The van der Waals surface area contributed by atoms with Crippen LogP contribution in [0.4, 0.5) is 5.82 Å². The summed E-state index contributed by atoms with van der Waals surface area (Å²) in [5.41, 5.74) is 3.03. The molecule has 0 unspecified atom stereocenters. The van der Waals surface area contributed by atoms with Crippen molar-refractivity contribution in [3.63, 3.8) is 0 Å². The highest BCUT2D eigenvalue weighted by atomic mass is 79.9. The van der Waals surface area contributed by atoms with Crippen LogP contribution in [0.25, 0.3) is 15.3 Å². The van der Waals surface area contributed by atoms with Gasteiger partial charge in [0, 0.05) is 22.4 Å². The summed E-state index contributed by atoms with van der Waals surface area (Å²) in [7, 11) is 0. The molecule has 0 aliphatic carbocycles. The highest BCUT2D eigenvalue weighted by molar-refractivity contribution is 9.10. The van der Waals surface area contributed by atoms with E-state index in [-0.39, 0.29) is 11.8 Å². The SMILES string of the molecule is O=C1C[C@@H](c2ccccc2Br)c2cnn(-c3nc4ccccc4s3)c2N1. The predicted octanol–water partition coefficient (Wildman–Crippen LogP) is 4.72. The monoisotopic (exact) mass is 424 g/mol. The summed E-state index contributed by atoms with van der Waals surface area (Å²) in [6, 6.07) is 16.0. The fraction of sp³-hybridized carbons (Fsp3) is 0.105. The van der Waals surface area contributed by atoms with Crippen molar-refractivity contribution >= 4 is 49.2 Å². The van der Waals surface area contributed by atoms with Gasteiger partial charge in [-0.25, -0.2) is 4.98 Å². The van der Waals surface area contributed by atoms with Gasteiger partial charge < -0.3 is 5.32 Å². The molecule has 5 rings (SSSR count). The first-order valence-electron chi connectivity index (χ1n) is 8.19. The summed E-state index contributed by atoms with van der Waals surface area (Å²) in [6.45, 7) is 0. The van der Waals surface area contributed by atoms with Gasteiger partial charge in [-0.05, 0) is 23.8 Å². The molecule has 0 radical (unpaired) electrons. The van der Waals surface area contributed by atoms with E-state index in [0.717, 1.165) is 30.9 Å². The van der Waals surface area contributed by atoms with Crippen LogP contribution in [0.1, 0.15) is 23.5 Å². The van der Waals surface area contributed by atoms with Gasteiger partial charge in [0.15, 0.2) is 0 Å². The average molecular weight is 425 g/mol. The second kappa shape index (κ2) is 6.03. The molecule has 128 valence electrons. The molecular formula is C19H13BrN4OS. The predicted molar refractivity (Wildman–Crippen MR) is 106 cm³/mol. The van der Waals surface area contributed by atoms with Crippen molar-refractivity contribution in [1.29, 1.82) is 0 Å². The molecule has 1 N–H and O–H groups in total. The number of benzene rings is 2. The molecule has 26 heavy (non-hydrogen) atoms. The number of nitrogens with one attached hydrogen (secondary N) is 1. The van der Waals surface area contributed by atoms with Crippen LogP contribution in [0, 0.1) is 0 Å². The number of hydrogen-bond acceptors (Lipinski definition) is 4. The molecular weight excluding hydrogens is 412 g/mol. The van der Waals surface area contributed by atoms with Crippen LogP contribution >= 0.6 is 27.3 Å². The lowest BCUT2D eigenvalue weighted by atomic mass is 9.87. The van der Waals surface area contributed by atoms with Gasteiger partial charge in [0.25, 0.3) is 0 Å². The number of rotatable bonds is 2. The summed E-state index contributed by atoms with van der Waals surface area (Å²) in [4.78, 5) is 17.1. The third kappa shape index (κ3) is 2.47. The second-order valence-electron chi connectivity index (χ2n) is 6.15. The molecule has 2 aromatic heterocycles. The summed E-state index contributed by atoms with van der Waals surface area (Å²) < 4.78 is 3.83. The van der Waals surface area contributed by atoms with Gasteiger partial charge in [-0.2, -0.15) is 9.78 Å². The molecule has 1 aliphatic heterocycles. The Balaban J connectivity index is 1.66. The molecule has 1 amide bonds. The van der Waals surface area contributed by atoms with Gasteiger partial charge >= 0.3 is 0 Å². The number of para-hydroxylation sites is 1. The van der Waals surface area contributed by atoms with Crippen molar-refractivity contribution in [3.8, 4) is 5.13 Å². The number of carbonyl (C=O) groups excluding carboxylic acids is 1. The Kier molecular flexibility index (Phi) is 3.65. The lowest BCUT2D eigenvalue weighted by molar-refractivity contribution is -0.116. The third-order valence-corrected chi connectivity index (χ3v) is 6.30. The number of carbonyl (C=O) groups is 1. The third-order valence-electron chi connectivity index (χ3n) is 4.56. The van der Waals surface area contributed by atoms with E-state index in [4.69, 9.17) is 0 Å². The number of nitrogens with zero attached hydrogens (tertiary/aromatic N) is 3. The number of fused-ring (bicyclic) bond motifs is 2. The molecule has 7 heteroatoms. The van der Waals surface area contributed by atoms with Crippen molar-refractivity contribution in [3.05, 3.63) is 70.3 Å². The Morgan fingerprint density at radius 1 is 1.12 bits per heavy atom. The Bertz CT molecular complexity index is 1120. The normalized spacial score (nSPS) is 16.5. The van der Waals surface area contributed by atoms with E-state index in [2.05, 4.69) is 31.3 Å². The Morgan fingerprint density at radius 2 is 1.92 bits per heavy atom. The quantitative estimate of drug-likeness (QED) is 0.506. The maximum Gasteiger partial charge on any atom is 0.226 e. The number of anilines is 1. The lowest BCUT2D eigenvalue weighted by Gasteiger charge is -2.24. The van der Waals surface area contributed by atoms with Crippen LogP contribution in [0.5, 0.6) is 0 Å². The Hall–Kier alpha value is -2.51. The molecule has 1 aliphatic rings. The van der Waals surface area contributed by atoms with Gasteiger partial charge in [0.2, 0.25) is 11.0 Å². The van der Waals surface area contributed by atoms with Crippen molar-refractivity contribution < 1.29 is 4.79 Å². The van der Waals surface area contributed by atoms with E-state index >= 15 is 0 Å². The number of thiazole rings is 1. The molecule has 3 heterocycles. The maximum absolute atomic E-state index is 12.4. The molecule has 4 aromatic rings. The van der Waals surface area contributed by atoms with Crippen molar-refractivity contribution in [2.45, 2.75) is 12.3 Å². The minimum absolute atomic E-state index is 0.0129. The van der Waals surface area contributed by atoms with Crippen LogP contribution in [0.2, 0.25) is 0 Å². The molecule has 1 atom stereocenters. The highest BCUT2D eigenvalue weighted by Gasteiger charge is 2.31. The average Bonchev–Trinajstić information content (AvgIpc) is 3.25. The second-order valence-corrected chi connectivity index (χ2v) is 8.01. The van der Waals surface area contributed by atoms with Crippen molar-refractivity contribution in [2.24, 2.45) is 0 Å². The number of amides is 1. The minimum atomic E-state index is -0.0301. The van der Waals surface area contributed by atoms with E-state index in [1.54, 1.807) is 16.0 Å². The maximum atomic E-state index is 12.4. The number of aromatic nitrogens is 3. The lowest BCUT2D eigenvalue weighted by Crippen LogP contribution is -2.24. The molecule has 0 spiro atoms. The Labute approximate surface area is 161 Å². The van der Waals surface area contributed by atoms with E-state index in [9.17, 15) is 4.79 Å². The van der Waals surface area contributed by atoms with Crippen LogP contribution in [0.3, 0.4) is 0 Å². The van der Waals surface area contributed by atoms with Crippen LogP contribution < -0.4 is 5.32 Å². The summed E-state index contributed by atoms with van der Waals surface area (Å²) in [5.74, 6) is 0.666. The summed E-state index contributed by atoms with van der Waals surface area (Å²) in [5, 5.41) is 8.27. The zero-order valence-electron chi connectivity index (χ0n) is 13.5. The van der Waals surface area contributed by atoms with E-state index in [0.29, 0.717) is 12.2 Å². The van der Waals surface area contributed by atoms with E-state index in [1.807, 2.05) is 54.7 Å². The fourth-order valence-electron chi connectivity index (χ4n) is 3.35.